The van der Waals surface area contributed by atoms with Crippen LogP contribution < -0.4 is 14.5 Å². The van der Waals surface area contributed by atoms with Gasteiger partial charge < -0.3 is 19.1 Å². The van der Waals surface area contributed by atoms with Crippen LogP contribution in [0.1, 0.15) is 36.0 Å². The van der Waals surface area contributed by atoms with Crippen molar-refractivity contribution in [2.45, 2.75) is 33.0 Å². The van der Waals surface area contributed by atoms with E-state index in [4.69, 9.17) is 13.8 Å². The van der Waals surface area contributed by atoms with Crippen LogP contribution in [0.4, 0.5) is 11.4 Å². The smallest absolute Gasteiger partial charge is 0.137 e. The van der Waals surface area contributed by atoms with Gasteiger partial charge in [0.25, 0.3) is 0 Å². The highest BCUT2D eigenvalue weighted by Gasteiger charge is 2.26. The molecule has 0 bridgehead atoms. The van der Waals surface area contributed by atoms with E-state index in [-0.39, 0.29) is 11.0 Å². The summed E-state index contributed by atoms with van der Waals surface area (Å²) in [6.07, 6.45) is 5.98. The van der Waals surface area contributed by atoms with Crippen LogP contribution in [0.2, 0.25) is 0 Å². The molecule has 0 N–H and O–H groups in total. The van der Waals surface area contributed by atoms with Gasteiger partial charge in [-0.25, -0.2) is 4.98 Å². The fourth-order valence-corrected chi connectivity index (χ4v) is 9.12. The van der Waals surface area contributed by atoms with Crippen molar-refractivity contribution in [2.24, 2.45) is 0 Å². The van der Waals surface area contributed by atoms with Crippen LogP contribution in [0.3, 0.4) is 0 Å². The average Bonchev–Trinajstić information content (AvgIpc) is 4.05. The van der Waals surface area contributed by atoms with Gasteiger partial charge in [-0.1, -0.05) is 136 Å². The van der Waals surface area contributed by atoms with Crippen molar-refractivity contribution < 1.29 is 8.85 Å². The monoisotopic (exact) mass is 820 g/mol. The van der Waals surface area contributed by atoms with E-state index >= 15 is 0 Å². The summed E-state index contributed by atoms with van der Waals surface area (Å²) in [5.41, 5.74) is 12.0. The molecule has 10 aromatic rings. The summed E-state index contributed by atoms with van der Waals surface area (Å²) in [4.78, 5) is 9.62. The molecule has 0 spiro atoms. The molecule has 0 radical (unpaired) electrons. The molecule has 306 valence electrons. The van der Waals surface area contributed by atoms with Crippen molar-refractivity contribution in [3.63, 3.8) is 0 Å². The Kier molecular flexibility index (Phi) is 8.44. The van der Waals surface area contributed by atoms with E-state index in [1.807, 2.05) is 66.7 Å². The normalized spacial score (nSPS) is 13.8. The third kappa shape index (κ3) is 6.81. The highest BCUT2D eigenvalue weighted by molar-refractivity contribution is 6.20. The summed E-state index contributed by atoms with van der Waals surface area (Å²) >= 11 is 0. The Morgan fingerprint density at radius 2 is 1.21 bits per heavy atom. The zero-order valence-corrected chi connectivity index (χ0v) is 35.4. The van der Waals surface area contributed by atoms with Gasteiger partial charge in [-0.05, 0) is 94.7 Å². The Balaban J connectivity index is 1.08. The van der Waals surface area contributed by atoms with E-state index in [9.17, 15) is 0 Å². The molecular weight excluding hydrogens is 771 g/mol. The summed E-state index contributed by atoms with van der Waals surface area (Å²) in [6, 6.07) is 61.6. The second-order valence-corrected chi connectivity index (χ2v) is 17.2. The largest absolute Gasteiger partial charge is 0.457 e. The molecule has 0 atom stereocenters. The van der Waals surface area contributed by atoms with E-state index in [1.54, 1.807) is 12.3 Å². The van der Waals surface area contributed by atoms with Crippen LogP contribution in [0, 0.1) is 6.85 Å². The Bertz CT molecular complexity index is 3460. The molecule has 0 saturated heterocycles. The van der Waals surface area contributed by atoms with Crippen LogP contribution in [0.5, 0.6) is 11.5 Å². The summed E-state index contributed by atoms with van der Waals surface area (Å²) in [5, 5.41) is 1.98. The molecule has 3 aromatic heterocycles. The maximum atomic E-state index is 8.73. The van der Waals surface area contributed by atoms with Crippen LogP contribution >= 0.6 is 0 Å². The molecule has 0 fully saturated rings. The van der Waals surface area contributed by atoms with Gasteiger partial charge in [0.05, 0.1) is 28.7 Å². The molecular formula is C57H47N5O. The lowest BCUT2D eigenvalue weighted by Crippen LogP contribution is -2.27. The molecule has 0 aliphatic carbocycles. The lowest BCUT2D eigenvalue weighted by atomic mass is 9.85. The Morgan fingerprint density at radius 1 is 0.540 bits per heavy atom. The molecule has 1 aliphatic rings. The van der Waals surface area contributed by atoms with Crippen molar-refractivity contribution in [3.05, 3.63) is 212 Å². The van der Waals surface area contributed by atoms with E-state index < -0.39 is 6.85 Å². The standard InChI is InChI=1S/C57H47N5O/c1-39-32-54(58-37-49(39)41-20-10-6-11-21-41)62-53-36-45(28-29-48(53)55-56(62)47-24-14-16-26-51(47)61(55)43-22-12-7-13-23-43)63-46-34-42(40-18-8-5-9-19-40)33-44(35-46)59-30-31-60(38-59)52-27-17-15-25-50(52)57(2,3)4/h5-37H,38H2,1-4H3/i1D3. The van der Waals surface area contributed by atoms with E-state index in [1.165, 1.54) is 11.3 Å². The number of fused-ring (bicyclic) bond motifs is 5. The SMILES string of the molecule is [2H]C([2H])([2H])c1cc(-n2c3cc(Oc4cc(-c5ccccc5)cc(N5C=CN(c6ccccc6C(C)(C)C)C5)c4)ccc3c3c2c2ccccc2n3-c2ccccc2)ncc1-c1ccccc1. The molecule has 63 heavy (non-hydrogen) atoms. The fraction of sp³-hybridized carbons (Fsp3) is 0.105. The number of aryl methyl sites for hydroxylation is 1. The van der Waals surface area contributed by atoms with Crippen molar-refractivity contribution in [1.82, 2.24) is 14.1 Å². The summed E-state index contributed by atoms with van der Waals surface area (Å²) in [7, 11) is 0. The highest BCUT2D eigenvalue weighted by atomic mass is 16.5. The first kappa shape index (κ1) is 34.8. The zero-order valence-electron chi connectivity index (χ0n) is 38.4. The van der Waals surface area contributed by atoms with Crippen molar-refractivity contribution in [1.29, 1.82) is 0 Å². The molecule has 4 heterocycles. The van der Waals surface area contributed by atoms with Crippen molar-refractivity contribution >= 4 is 44.2 Å². The number of anilines is 2. The minimum absolute atomic E-state index is 0.0180. The highest BCUT2D eigenvalue weighted by Crippen LogP contribution is 2.43. The topological polar surface area (TPSA) is 38.5 Å². The third-order valence-electron chi connectivity index (χ3n) is 12.1. The molecule has 6 heteroatoms. The predicted molar refractivity (Wildman–Crippen MR) is 262 cm³/mol. The maximum Gasteiger partial charge on any atom is 0.137 e. The lowest BCUT2D eigenvalue weighted by Gasteiger charge is -2.29. The van der Waals surface area contributed by atoms with Crippen LogP contribution in [0.15, 0.2) is 201 Å². The first-order valence-corrected chi connectivity index (χ1v) is 21.4. The van der Waals surface area contributed by atoms with E-state index in [0.717, 1.165) is 60.9 Å². The summed E-state index contributed by atoms with van der Waals surface area (Å²) in [6.45, 7) is 4.99. The van der Waals surface area contributed by atoms with Gasteiger partial charge >= 0.3 is 0 Å². The van der Waals surface area contributed by atoms with E-state index in [2.05, 4.69) is 161 Å². The molecule has 1 aliphatic heterocycles. The number of aromatic nitrogens is 3. The number of ether oxygens (including phenoxy) is 1. The lowest BCUT2D eigenvalue weighted by molar-refractivity contribution is 0.483. The van der Waals surface area contributed by atoms with E-state index in [0.29, 0.717) is 29.5 Å². The molecule has 0 saturated carbocycles. The molecule has 0 unspecified atom stereocenters. The number of benzene rings is 7. The number of rotatable bonds is 8. The van der Waals surface area contributed by atoms with Crippen LogP contribution in [-0.4, -0.2) is 20.8 Å². The quantitative estimate of drug-likeness (QED) is 0.153. The minimum Gasteiger partial charge on any atom is -0.457 e. The maximum absolute atomic E-state index is 8.73. The molecule has 11 rings (SSSR count). The van der Waals surface area contributed by atoms with Crippen molar-refractivity contribution in [2.75, 3.05) is 16.5 Å². The third-order valence-corrected chi connectivity index (χ3v) is 12.1. The summed E-state index contributed by atoms with van der Waals surface area (Å²) in [5.74, 6) is 1.82. The second kappa shape index (κ2) is 15.3. The summed E-state index contributed by atoms with van der Waals surface area (Å²) < 4.78 is 37.5. The predicted octanol–water partition coefficient (Wildman–Crippen LogP) is 14.6. The Morgan fingerprint density at radius 3 is 1.98 bits per heavy atom. The second-order valence-electron chi connectivity index (χ2n) is 17.2. The van der Waals surface area contributed by atoms with Gasteiger partial charge in [-0.2, -0.15) is 0 Å². The number of hydrogen-bond acceptors (Lipinski definition) is 4. The van der Waals surface area contributed by atoms with Crippen LogP contribution in [-0.2, 0) is 5.41 Å². The van der Waals surface area contributed by atoms with Gasteiger partial charge in [0.2, 0.25) is 0 Å². The number of para-hydroxylation sites is 3. The molecule has 6 nitrogen and oxygen atoms in total. The zero-order chi connectivity index (χ0) is 45.2. The number of nitrogens with zero attached hydrogens (tertiary/aromatic N) is 5. The van der Waals surface area contributed by atoms with Gasteiger partial charge in [0.1, 0.15) is 17.3 Å². The van der Waals surface area contributed by atoms with Crippen molar-refractivity contribution in [3.8, 4) is 45.3 Å². The first-order valence-electron chi connectivity index (χ1n) is 22.9. The average molecular weight is 821 g/mol. The van der Waals surface area contributed by atoms with Gasteiger partial charge in [0.15, 0.2) is 0 Å². The number of pyridine rings is 1. The number of hydrogen-bond donors (Lipinski definition) is 0. The Labute approximate surface area is 372 Å². The molecule has 7 aromatic carbocycles. The first-order chi connectivity index (χ1) is 32.0. The minimum atomic E-state index is -2.41. The van der Waals surface area contributed by atoms with Crippen LogP contribution in [0.25, 0.3) is 66.6 Å². The van der Waals surface area contributed by atoms with Gasteiger partial charge in [0, 0.05) is 68.2 Å². The van der Waals surface area contributed by atoms with Gasteiger partial charge in [-0.3, -0.25) is 4.57 Å². The van der Waals surface area contributed by atoms with Gasteiger partial charge in [-0.15, -0.1) is 0 Å². The molecule has 0 amide bonds. The Hall–Kier alpha value is -7.83. The fourth-order valence-electron chi connectivity index (χ4n) is 9.12.